The molecule has 0 atom stereocenters. The number of ether oxygens (including phenoxy) is 3. The molecule has 1 amide bonds. The van der Waals surface area contributed by atoms with Gasteiger partial charge in [0.2, 0.25) is 5.91 Å². The van der Waals surface area contributed by atoms with Crippen molar-refractivity contribution >= 4 is 23.6 Å². The molecular weight excluding hydrogens is 358 g/mol. The van der Waals surface area contributed by atoms with Crippen molar-refractivity contribution in [3.8, 4) is 11.5 Å². The highest BCUT2D eigenvalue weighted by atomic mass is 16.5. The minimum Gasteiger partial charge on any atom is -0.493 e. The lowest BCUT2D eigenvalue weighted by Gasteiger charge is -2.07. The molecule has 0 bridgehead atoms. The molecule has 6 heteroatoms. The van der Waals surface area contributed by atoms with Crippen LogP contribution in [0.1, 0.15) is 35.7 Å². The molecule has 0 aromatic heterocycles. The Morgan fingerprint density at radius 1 is 1.00 bits per heavy atom. The van der Waals surface area contributed by atoms with Gasteiger partial charge in [-0.25, -0.2) is 4.79 Å². The number of rotatable bonds is 9. The van der Waals surface area contributed by atoms with Gasteiger partial charge in [0.25, 0.3) is 0 Å². The van der Waals surface area contributed by atoms with Crippen LogP contribution in [0.2, 0.25) is 0 Å². The Labute approximate surface area is 165 Å². The molecule has 0 aliphatic heterocycles. The van der Waals surface area contributed by atoms with E-state index in [1.54, 1.807) is 56.7 Å². The van der Waals surface area contributed by atoms with E-state index < -0.39 is 0 Å². The highest BCUT2D eigenvalue weighted by Crippen LogP contribution is 2.27. The van der Waals surface area contributed by atoms with Gasteiger partial charge in [-0.15, -0.1) is 0 Å². The highest BCUT2D eigenvalue weighted by Gasteiger charge is 2.07. The predicted octanol–water partition coefficient (Wildman–Crippen LogP) is 4.31. The minimum atomic E-state index is -0.361. The van der Waals surface area contributed by atoms with Crippen molar-refractivity contribution in [1.82, 2.24) is 0 Å². The van der Waals surface area contributed by atoms with Crippen LogP contribution >= 0.6 is 0 Å². The van der Waals surface area contributed by atoms with E-state index in [1.807, 2.05) is 13.0 Å². The van der Waals surface area contributed by atoms with Gasteiger partial charge in [0.1, 0.15) is 0 Å². The Kier molecular flexibility index (Phi) is 8.09. The van der Waals surface area contributed by atoms with Crippen LogP contribution in [-0.2, 0) is 9.53 Å². The van der Waals surface area contributed by atoms with Crippen LogP contribution in [0, 0.1) is 0 Å². The Bertz CT molecular complexity index is 827. The Morgan fingerprint density at radius 3 is 2.36 bits per heavy atom. The van der Waals surface area contributed by atoms with E-state index in [0.29, 0.717) is 29.4 Å². The summed E-state index contributed by atoms with van der Waals surface area (Å²) >= 11 is 0. The van der Waals surface area contributed by atoms with Gasteiger partial charge in [-0.05, 0) is 54.5 Å². The number of hydrogen-bond donors (Lipinski definition) is 1. The zero-order valence-corrected chi connectivity index (χ0v) is 16.4. The fourth-order valence-electron chi connectivity index (χ4n) is 2.39. The molecule has 1 N–H and O–H groups in total. The molecule has 0 aliphatic carbocycles. The fourth-order valence-corrected chi connectivity index (χ4v) is 2.39. The van der Waals surface area contributed by atoms with E-state index >= 15 is 0 Å². The summed E-state index contributed by atoms with van der Waals surface area (Å²) in [5.41, 5.74) is 1.85. The van der Waals surface area contributed by atoms with Crippen molar-refractivity contribution in [2.24, 2.45) is 0 Å². The normalized spacial score (nSPS) is 10.5. The number of unbranched alkanes of at least 4 members (excludes halogenated alkanes) is 1. The number of benzene rings is 2. The number of hydrogen-bond acceptors (Lipinski definition) is 5. The summed E-state index contributed by atoms with van der Waals surface area (Å²) in [6.45, 7) is 2.44. The number of carbonyl (C=O) groups is 2. The molecule has 0 saturated carbocycles. The first-order valence-corrected chi connectivity index (χ1v) is 9.05. The van der Waals surface area contributed by atoms with Crippen LogP contribution in [-0.4, -0.2) is 32.7 Å². The summed E-state index contributed by atoms with van der Waals surface area (Å²) < 4.78 is 15.6. The van der Waals surface area contributed by atoms with Crippen LogP contribution in [0.5, 0.6) is 11.5 Å². The first kappa shape index (κ1) is 21.0. The van der Waals surface area contributed by atoms with Crippen LogP contribution in [0.15, 0.2) is 48.5 Å². The van der Waals surface area contributed by atoms with Crippen LogP contribution < -0.4 is 14.8 Å². The third-order valence-corrected chi connectivity index (χ3v) is 3.95. The molecule has 0 radical (unpaired) electrons. The predicted molar refractivity (Wildman–Crippen MR) is 109 cm³/mol. The SMILES string of the molecule is CCCCOC(=O)c1ccc(NC(=O)/C=C\c2ccc(OC)c(OC)c2)cc1. The van der Waals surface area contributed by atoms with Gasteiger partial charge in [-0.3, -0.25) is 4.79 Å². The summed E-state index contributed by atoms with van der Waals surface area (Å²) in [5.74, 6) is 0.566. The Hall–Kier alpha value is -3.28. The number of carbonyl (C=O) groups excluding carboxylic acids is 2. The van der Waals surface area contributed by atoms with E-state index in [1.165, 1.54) is 6.08 Å². The highest BCUT2D eigenvalue weighted by molar-refractivity contribution is 6.02. The quantitative estimate of drug-likeness (QED) is 0.397. The molecule has 148 valence electrons. The molecule has 0 spiro atoms. The number of esters is 1. The van der Waals surface area contributed by atoms with Crippen molar-refractivity contribution in [2.75, 3.05) is 26.1 Å². The van der Waals surface area contributed by atoms with E-state index in [2.05, 4.69) is 5.32 Å². The Morgan fingerprint density at radius 2 is 1.71 bits per heavy atom. The van der Waals surface area contributed by atoms with Gasteiger partial charge in [-0.2, -0.15) is 0 Å². The van der Waals surface area contributed by atoms with Gasteiger partial charge < -0.3 is 19.5 Å². The molecule has 2 aromatic rings. The second kappa shape index (κ2) is 10.8. The molecular formula is C22H25NO5. The third kappa shape index (κ3) is 6.16. The maximum atomic E-state index is 12.1. The van der Waals surface area contributed by atoms with E-state index in [4.69, 9.17) is 14.2 Å². The van der Waals surface area contributed by atoms with Crippen molar-refractivity contribution in [1.29, 1.82) is 0 Å². The summed E-state index contributed by atoms with van der Waals surface area (Å²) in [6.07, 6.45) is 4.91. The smallest absolute Gasteiger partial charge is 0.338 e. The van der Waals surface area contributed by atoms with Crippen molar-refractivity contribution < 1.29 is 23.8 Å². The van der Waals surface area contributed by atoms with Crippen LogP contribution in [0.25, 0.3) is 6.08 Å². The van der Waals surface area contributed by atoms with Gasteiger partial charge in [0, 0.05) is 11.8 Å². The first-order valence-electron chi connectivity index (χ1n) is 9.05. The van der Waals surface area contributed by atoms with Gasteiger partial charge >= 0.3 is 5.97 Å². The summed E-state index contributed by atoms with van der Waals surface area (Å²) in [6, 6.07) is 12.0. The van der Waals surface area contributed by atoms with Crippen LogP contribution in [0.4, 0.5) is 5.69 Å². The zero-order chi connectivity index (χ0) is 20.4. The molecule has 0 unspecified atom stereocenters. The molecule has 2 rings (SSSR count). The molecule has 0 heterocycles. The molecule has 0 fully saturated rings. The second-order valence-electron chi connectivity index (χ2n) is 6.00. The number of anilines is 1. The third-order valence-electron chi connectivity index (χ3n) is 3.95. The summed E-state index contributed by atoms with van der Waals surface area (Å²) in [5, 5.41) is 2.75. The minimum absolute atomic E-state index is 0.284. The number of methoxy groups -OCH3 is 2. The molecule has 6 nitrogen and oxygen atoms in total. The molecule has 28 heavy (non-hydrogen) atoms. The van der Waals surface area contributed by atoms with Gasteiger partial charge in [0.15, 0.2) is 11.5 Å². The lowest BCUT2D eigenvalue weighted by Crippen LogP contribution is -2.09. The lowest BCUT2D eigenvalue weighted by molar-refractivity contribution is -0.111. The lowest BCUT2D eigenvalue weighted by atomic mass is 10.2. The molecule has 0 saturated heterocycles. The van der Waals surface area contributed by atoms with Crippen molar-refractivity contribution in [3.63, 3.8) is 0 Å². The van der Waals surface area contributed by atoms with Crippen molar-refractivity contribution in [3.05, 3.63) is 59.7 Å². The average Bonchev–Trinajstić information content (AvgIpc) is 2.72. The second-order valence-corrected chi connectivity index (χ2v) is 6.00. The standard InChI is InChI=1S/C22H25NO5/c1-4-5-14-28-22(25)17-8-10-18(11-9-17)23-21(24)13-7-16-6-12-19(26-2)20(15-16)27-3/h6-13,15H,4-5,14H2,1-3H3,(H,23,24)/b13-7-. The number of nitrogens with one attached hydrogen (secondary N) is 1. The Balaban J connectivity index is 1.94. The van der Waals surface area contributed by atoms with E-state index in [-0.39, 0.29) is 11.9 Å². The first-order chi connectivity index (χ1) is 13.6. The monoisotopic (exact) mass is 383 g/mol. The molecule has 0 aliphatic rings. The number of amides is 1. The van der Waals surface area contributed by atoms with Gasteiger partial charge in [-0.1, -0.05) is 19.4 Å². The largest absolute Gasteiger partial charge is 0.493 e. The average molecular weight is 383 g/mol. The summed E-state index contributed by atoms with van der Waals surface area (Å²) in [4.78, 5) is 24.0. The van der Waals surface area contributed by atoms with E-state index in [9.17, 15) is 9.59 Å². The maximum absolute atomic E-state index is 12.1. The summed E-state index contributed by atoms with van der Waals surface area (Å²) in [7, 11) is 3.12. The molecule has 2 aromatic carbocycles. The topological polar surface area (TPSA) is 73.9 Å². The fraction of sp³-hybridized carbons (Fsp3) is 0.273. The zero-order valence-electron chi connectivity index (χ0n) is 16.4. The van der Waals surface area contributed by atoms with Crippen molar-refractivity contribution in [2.45, 2.75) is 19.8 Å². The van der Waals surface area contributed by atoms with Gasteiger partial charge in [0.05, 0.1) is 26.4 Å². The van der Waals surface area contributed by atoms with E-state index in [0.717, 1.165) is 18.4 Å². The maximum Gasteiger partial charge on any atom is 0.338 e. The van der Waals surface area contributed by atoms with Crippen LogP contribution in [0.3, 0.4) is 0 Å².